The highest BCUT2D eigenvalue weighted by atomic mass is 35.5. The lowest BCUT2D eigenvalue weighted by Crippen LogP contribution is -2.32. The van der Waals surface area contributed by atoms with Gasteiger partial charge in [-0.05, 0) is 24.1 Å². The van der Waals surface area contributed by atoms with Gasteiger partial charge in [0, 0.05) is 19.1 Å². The number of carbonyl (C=O) groups is 1. The SMILES string of the molecule is CC[C@H](NC=O)[C@H](C)c1ccc(Cl)c(OCCOC)c1. The minimum atomic E-state index is 0.0977. The first kappa shape index (κ1) is 16.8. The molecule has 0 aliphatic carbocycles. The second-order valence-electron chi connectivity index (χ2n) is 4.62. The van der Waals surface area contributed by atoms with Crippen LogP contribution < -0.4 is 10.1 Å². The molecule has 1 amide bonds. The number of nitrogens with one attached hydrogen (secondary N) is 1. The van der Waals surface area contributed by atoms with Gasteiger partial charge >= 0.3 is 0 Å². The van der Waals surface area contributed by atoms with Crippen LogP contribution in [0.3, 0.4) is 0 Å². The average Bonchev–Trinajstić information content (AvgIpc) is 2.46. The maximum Gasteiger partial charge on any atom is 0.207 e. The molecular weight excluding hydrogens is 278 g/mol. The van der Waals surface area contributed by atoms with Gasteiger partial charge in [-0.3, -0.25) is 4.79 Å². The molecule has 0 aliphatic heterocycles. The maximum atomic E-state index is 10.6. The van der Waals surface area contributed by atoms with Gasteiger partial charge in [0.2, 0.25) is 6.41 Å². The lowest BCUT2D eigenvalue weighted by molar-refractivity contribution is -0.110. The van der Waals surface area contributed by atoms with E-state index in [1.54, 1.807) is 7.11 Å². The molecule has 2 atom stereocenters. The summed E-state index contributed by atoms with van der Waals surface area (Å²) in [7, 11) is 1.63. The van der Waals surface area contributed by atoms with E-state index < -0.39 is 0 Å². The molecule has 4 nitrogen and oxygen atoms in total. The van der Waals surface area contributed by atoms with E-state index in [9.17, 15) is 4.79 Å². The van der Waals surface area contributed by atoms with Crippen LogP contribution in [0.4, 0.5) is 0 Å². The van der Waals surface area contributed by atoms with E-state index in [1.807, 2.05) is 25.1 Å². The lowest BCUT2D eigenvalue weighted by Gasteiger charge is -2.23. The van der Waals surface area contributed by atoms with Gasteiger partial charge in [-0.2, -0.15) is 0 Å². The van der Waals surface area contributed by atoms with E-state index in [4.69, 9.17) is 21.1 Å². The van der Waals surface area contributed by atoms with Crippen molar-refractivity contribution in [2.45, 2.75) is 32.2 Å². The Balaban J connectivity index is 2.84. The average molecular weight is 300 g/mol. The Morgan fingerprint density at radius 1 is 1.40 bits per heavy atom. The van der Waals surface area contributed by atoms with Crippen LogP contribution in [0.15, 0.2) is 18.2 Å². The summed E-state index contributed by atoms with van der Waals surface area (Å²) in [6, 6.07) is 5.81. The van der Waals surface area contributed by atoms with Crippen molar-refractivity contribution in [1.29, 1.82) is 0 Å². The van der Waals surface area contributed by atoms with Gasteiger partial charge < -0.3 is 14.8 Å². The zero-order chi connectivity index (χ0) is 15.0. The predicted octanol–water partition coefficient (Wildman–Crippen LogP) is 2.99. The van der Waals surface area contributed by atoms with Gasteiger partial charge in [0.1, 0.15) is 12.4 Å². The Morgan fingerprint density at radius 3 is 2.75 bits per heavy atom. The normalized spacial score (nSPS) is 13.6. The number of halogens is 1. The van der Waals surface area contributed by atoms with Crippen molar-refractivity contribution in [2.75, 3.05) is 20.3 Å². The summed E-state index contributed by atoms with van der Waals surface area (Å²) in [5.74, 6) is 0.835. The molecule has 0 saturated heterocycles. The summed E-state index contributed by atoms with van der Waals surface area (Å²) in [5.41, 5.74) is 1.09. The number of rotatable bonds is 9. The zero-order valence-electron chi connectivity index (χ0n) is 12.2. The standard InChI is InChI=1S/C15H22ClNO3/c1-4-14(17-10-18)11(2)12-5-6-13(16)15(9-12)20-8-7-19-3/h5-6,9-11,14H,4,7-8H2,1-3H3,(H,17,18)/t11-,14+/m1/s1. The van der Waals surface area contributed by atoms with Crippen molar-refractivity contribution in [3.63, 3.8) is 0 Å². The Kier molecular flexibility index (Phi) is 7.41. The summed E-state index contributed by atoms with van der Waals surface area (Å²) in [6.45, 7) is 5.09. The number of amides is 1. The van der Waals surface area contributed by atoms with E-state index in [1.165, 1.54) is 0 Å². The summed E-state index contributed by atoms with van der Waals surface area (Å²) in [6.07, 6.45) is 1.61. The Morgan fingerprint density at radius 2 is 2.15 bits per heavy atom. The smallest absolute Gasteiger partial charge is 0.207 e. The highest BCUT2D eigenvalue weighted by Crippen LogP contribution is 2.30. The first-order valence-corrected chi connectivity index (χ1v) is 7.12. The fraction of sp³-hybridized carbons (Fsp3) is 0.533. The summed E-state index contributed by atoms with van der Waals surface area (Å²) < 4.78 is 10.5. The first-order valence-electron chi connectivity index (χ1n) is 6.74. The Labute approximate surface area is 125 Å². The number of carbonyl (C=O) groups excluding carboxylic acids is 1. The van der Waals surface area contributed by atoms with Crippen molar-refractivity contribution in [3.8, 4) is 5.75 Å². The fourth-order valence-electron chi connectivity index (χ4n) is 2.08. The molecule has 0 unspecified atom stereocenters. The molecule has 20 heavy (non-hydrogen) atoms. The molecule has 1 aromatic carbocycles. The number of benzene rings is 1. The molecule has 5 heteroatoms. The topological polar surface area (TPSA) is 47.6 Å². The van der Waals surface area contributed by atoms with E-state index in [0.29, 0.717) is 24.0 Å². The van der Waals surface area contributed by atoms with Crippen LogP contribution in [-0.4, -0.2) is 32.8 Å². The van der Waals surface area contributed by atoms with Crippen LogP contribution in [0.5, 0.6) is 5.75 Å². The van der Waals surface area contributed by atoms with E-state index in [-0.39, 0.29) is 12.0 Å². The molecule has 0 radical (unpaired) electrons. The van der Waals surface area contributed by atoms with Crippen LogP contribution in [0, 0.1) is 0 Å². The molecule has 0 aromatic heterocycles. The molecule has 0 bridgehead atoms. The first-order chi connectivity index (χ1) is 9.63. The molecule has 0 saturated carbocycles. The minimum absolute atomic E-state index is 0.0977. The number of methoxy groups -OCH3 is 1. The van der Waals surface area contributed by atoms with E-state index >= 15 is 0 Å². The Hall–Kier alpha value is -1.26. The number of hydrogen-bond acceptors (Lipinski definition) is 3. The van der Waals surface area contributed by atoms with Crippen molar-refractivity contribution in [2.24, 2.45) is 0 Å². The third-order valence-corrected chi connectivity index (χ3v) is 3.66. The van der Waals surface area contributed by atoms with Gasteiger partial charge in [0.05, 0.1) is 11.6 Å². The van der Waals surface area contributed by atoms with Gasteiger partial charge in [-0.1, -0.05) is 31.5 Å². The van der Waals surface area contributed by atoms with Crippen LogP contribution in [-0.2, 0) is 9.53 Å². The van der Waals surface area contributed by atoms with Gasteiger partial charge in [0.15, 0.2) is 0 Å². The molecule has 0 spiro atoms. The van der Waals surface area contributed by atoms with Gasteiger partial charge in [0.25, 0.3) is 0 Å². The quantitative estimate of drug-likeness (QED) is 0.563. The summed E-state index contributed by atoms with van der Waals surface area (Å²) >= 11 is 6.12. The third-order valence-electron chi connectivity index (χ3n) is 3.35. The van der Waals surface area contributed by atoms with Gasteiger partial charge in [-0.25, -0.2) is 0 Å². The Bertz CT molecular complexity index is 426. The van der Waals surface area contributed by atoms with Crippen molar-refractivity contribution in [1.82, 2.24) is 5.32 Å². The van der Waals surface area contributed by atoms with Crippen molar-refractivity contribution < 1.29 is 14.3 Å². The predicted molar refractivity (Wildman–Crippen MR) is 80.5 cm³/mol. The highest BCUT2D eigenvalue weighted by molar-refractivity contribution is 6.32. The lowest BCUT2D eigenvalue weighted by atomic mass is 9.91. The molecule has 1 aromatic rings. The monoisotopic (exact) mass is 299 g/mol. The van der Waals surface area contributed by atoms with Crippen molar-refractivity contribution >= 4 is 18.0 Å². The third kappa shape index (κ3) is 4.69. The van der Waals surface area contributed by atoms with Gasteiger partial charge in [-0.15, -0.1) is 0 Å². The molecule has 0 aliphatic rings. The highest BCUT2D eigenvalue weighted by Gasteiger charge is 2.17. The van der Waals surface area contributed by atoms with E-state index in [0.717, 1.165) is 18.4 Å². The van der Waals surface area contributed by atoms with Crippen LogP contribution >= 0.6 is 11.6 Å². The molecule has 1 N–H and O–H groups in total. The van der Waals surface area contributed by atoms with Crippen LogP contribution in [0.1, 0.15) is 31.7 Å². The summed E-state index contributed by atoms with van der Waals surface area (Å²) in [5, 5.41) is 3.42. The largest absolute Gasteiger partial charge is 0.490 e. The number of hydrogen-bond donors (Lipinski definition) is 1. The summed E-state index contributed by atoms with van der Waals surface area (Å²) in [4.78, 5) is 10.6. The van der Waals surface area contributed by atoms with Crippen molar-refractivity contribution in [3.05, 3.63) is 28.8 Å². The second-order valence-corrected chi connectivity index (χ2v) is 5.03. The molecule has 0 heterocycles. The molecule has 1 rings (SSSR count). The zero-order valence-corrected chi connectivity index (χ0v) is 12.9. The second kappa shape index (κ2) is 8.82. The fourth-order valence-corrected chi connectivity index (χ4v) is 2.26. The van der Waals surface area contributed by atoms with Crippen LogP contribution in [0.25, 0.3) is 0 Å². The number of ether oxygens (including phenoxy) is 2. The molecule has 112 valence electrons. The maximum absolute atomic E-state index is 10.6. The van der Waals surface area contributed by atoms with E-state index in [2.05, 4.69) is 12.2 Å². The minimum Gasteiger partial charge on any atom is -0.490 e. The van der Waals surface area contributed by atoms with Crippen LogP contribution in [0.2, 0.25) is 5.02 Å². The molecule has 0 fully saturated rings. The molecular formula is C15H22ClNO3.